The van der Waals surface area contributed by atoms with Gasteiger partial charge in [0.2, 0.25) is 0 Å². The maximum atomic E-state index is 12.3. The number of nitrogens with two attached hydrogens (primary N) is 1. The maximum Gasteiger partial charge on any atom is 0.253 e. The van der Waals surface area contributed by atoms with Crippen molar-refractivity contribution in [3.63, 3.8) is 0 Å². The first-order valence-electron chi connectivity index (χ1n) is 6.50. The number of benzene rings is 1. The van der Waals surface area contributed by atoms with Crippen molar-refractivity contribution in [1.29, 1.82) is 0 Å². The van der Waals surface area contributed by atoms with E-state index in [9.17, 15) is 4.79 Å². The summed E-state index contributed by atoms with van der Waals surface area (Å²) in [6.07, 6.45) is 0. The summed E-state index contributed by atoms with van der Waals surface area (Å²) in [4.78, 5) is 14.0. The van der Waals surface area contributed by atoms with Crippen molar-refractivity contribution in [2.45, 2.75) is 20.8 Å². The first kappa shape index (κ1) is 15.3. The Morgan fingerprint density at radius 1 is 1.42 bits per heavy atom. The Morgan fingerprint density at radius 3 is 2.68 bits per heavy atom. The molecular formula is C16H22N2O. The van der Waals surface area contributed by atoms with E-state index < -0.39 is 0 Å². The van der Waals surface area contributed by atoms with Crippen LogP contribution in [-0.2, 0) is 0 Å². The van der Waals surface area contributed by atoms with E-state index >= 15 is 0 Å². The molecule has 0 aliphatic rings. The van der Waals surface area contributed by atoms with Gasteiger partial charge in [-0.15, -0.1) is 0 Å². The van der Waals surface area contributed by atoms with Gasteiger partial charge in [-0.2, -0.15) is 0 Å². The van der Waals surface area contributed by atoms with Crippen LogP contribution < -0.4 is 5.73 Å². The van der Waals surface area contributed by atoms with Crippen molar-refractivity contribution in [3.8, 4) is 11.8 Å². The largest absolute Gasteiger partial charge is 0.341 e. The summed E-state index contributed by atoms with van der Waals surface area (Å²) >= 11 is 0. The van der Waals surface area contributed by atoms with E-state index in [1.807, 2.05) is 32.2 Å². The molecule has 0 aliphatic heterocycles. The second-order valence-corrected chi connectivity index (χ2v) is 5.12. The van der Waals surface area contributed by atoms with Crippen LogP contribution in [0.5, 0.6) is 0 Å². The van der Waals surface area contributed by atoms with Crippen LogP contribution in [0.2, 0.25) is 0 Å². The fraction of sp³-hybridized carbons (Fsp3) is 0.438. The minimum atomic E-state index is 0.0319. The van der Waals surface area contributed by atoms with Crippen molar-refractivity contribution in [2.24, 2.45) is 11.7 Å². The monoisotopic (exact) mass is 258 g/mol. The minimum absolute atomic E-state index is 0.0319. The van der Waals surface area contributed by atoms with Gasteiger partial charge in [-0.25, -0.2) is 0 Å². The zero-order valence-corrected chi connectivity index (χ0v) is 12.2. The summed E-state index contributed by atoms with van der Waals surface area (Å²) in [5, 5.41) is 0. The van der Waals surface area contributed by atoms with E-state index in [-0.39, 0.29) is 5.91 Å². The predicted molar refractivity (Wildman–Crippen MR) is 78.9 cm³/mol. The highest BCUT2D eigenvalue weighted by atomic mass is 16.2. The van der Waals surface area contributed by atoms with Crippen LogP contribution in [0.3, 0.4) is 0 Å². The van der Waals surface area contributed by atoms with Crippen LogP contribution in [-0.4, -0.2) is 30.9 Å². The van der Waals surface area contributed by atoms with Crippen LogP contribution in [0.1, 0.15) is 35.3 Å². The molecule has 0 saturated carbocycles. The Labute approximate surface area is 115 Å². The smallest absolute Gasteiger partial charge is 0.253 e. The number of aryl methyl sites for hydroxylation is 1. The standard InChI is InChI=1S/C16H22N2O/c1-12(2)11-18(4)16(19)15-8-7-13(3)14(10-15)6-5-9-17/h7-8,10,12H,9,11,17H2,1-4H3. The summed E-state index contributed by atoms with van der Waals surface area (Å²) in [6, 6.07) is 5.62. The van der Waals surface area contributed by atoms with Gasteiger partial charge >= 0.3 is 0 Å². The van der Waals surface area contributed by atoms with Gasteiger partial charge in [0.25, 0.3) is 5.91 Å². The Balaban J connectivity index is 2.98. The van der Waals surface area contributed by atoms with Crippen LogP contribution in [0.25, 0.3) is 0 Å². The van der Waals surface area contributed by atoms with E-state index in [0.29, 0.717) is 18.0 Å². The molecule has 1 amide bonds. The lowest BCUT2D eigenvalue weighted by Crippen LogP contribution is -2.30. The van der Waals surface area contributed by atoms with E-state index in [1.165, 1.54) is 0 Å². The molecule has 0 heterocycles. The first-order chi connectivity index (χ1) is 8.95. The van der Waals surface area contributed by atoms with Gasteiger partial charge in [0.15, 0.2) is 0 Å². The first-order valence-corrected chi connectivity index (χ1v) is 6.50. The highest BCUT2D eigenvalue weighted by Crippen LogP contribution is 2.12. The average molecular weight is 258 g/mol. The van der Waals surface area contributed by atoms with Crippen molar-refractivity contribution in [3.05, 3.63) is 34.9 Å². The number of hydrogen-bond acceptors (Lipinski definition) is 2. The molecule has 1 aromatic rings. The van der Waals surface area contributed by atoms with Crippen LogP contribution >= 0.6 is 0 Å². The molecule has 0 bridgehead atoms. The molecule has 0 fully saturated rings. The third-order valence-corrected chi connectivity index (χ3v) is 2.80. The molecule has 0 saturated heterocycles. The van der Waals surface area contributed by atoms with Crippen molar-refractivity contribution < 1.29 is 4.79 Å². The molecule has 0 unspecified atom stereocenters. The summed E-state index contributed by atoms with van der Waals surface area (Å²) in [5.74, 6) is 6.31. The third kappa shape index (κ3) is 4.42. The summed E-state index contributed by atoms with van der Waals surface area (Å²) in [5.41, 5.74) is 7.98. The molecule has 1 rings (SSSR count). The Hall–Kier alpha value is -1.79. The van der Waals surface area contributed by atoms with E-state index in [2.05, 4.69) is 25.7 Å². The van der Waals surface area contributed by atoms with E-state index in [0.717, 1.165) is 17.7 Å². The number of amides is 1. The Kier molecular flexibility index (Phi) is 5.59. The molecule has 0 radical (unpaired) electrons. The van der Waals surface area contributed by atoms with Gasteiger partial charge in [0.1, 0.15) is 0 Å². The molecule has 19 heavy (non-hydrogen) atoms. The SMILES string of the molecule is Cc1ccc(C(=O)N(C)CC(C)C)cc1C#CCN. The second kappa shape index (κ2) is 6.96. The summed E-state index contributed by atoms with van der Waals surface area (Å²) in [6.45, 7) is 7.24. The fourth-order valence-corrected chi connectivity index (χ4v) is 1.89. The van der Waals surface area contributed by atoms with Crippen molar-refractivity contribution in [2.75, 3.05) is 20.1 Å². The van der Waals surface area contributed by atoms with E-state index in [4.69, 9.17) is 5.73 Å². The maximum absolute atomic E-state index is 12.3. The minimum Gasteiger partial charge on any atom is -0.341 e. The summed E-state index contributed by atoms with van der Waals surface area (Å²) in [7, 11) is 1.83. The zero-order chi connectivity index (χ0) is 14.4. The Bertz CT molecular complexity index is 509. The molecule has 102 valence electrons. The van der Waals surface area contributed by atoms with Gasteiger partial charge in [-0.3, -0.25) is 4.79 Å². The number of carbonyl (C=O) groups excluding carboxylic acids is 1. The predicted octanol–water partition coefficient (Wildman–Crippen LogP) is 2.03. The topological polar surface area (TPSA) is 46.3 Å². The molecule has 0 atom stereocenters. The molecule has 3 nitrogen and oxygen atoms in total. The second-order valence-electron chi connectivity index (χ2n) is 5.12. The highest BCUT2D eigenvalue weighted by Gasteiger charge is 2.13. The van der Waals surface area contributed by atoms with Crippen LogP contribution in [0.4, 0.5) is 0 Å². The van der Waals surface area contributed by atoms with Gasteiger partial charge in [-0.05, 0) is 30.5 Å². The molecule has 0 aromatic heterocycles. The molecule has 2 N–H and O–H groups in total. The third-order valence-electron chi connectivity index (χ3n) is 2.80. The van der Waals surface area contributed by atoms with Gasteiger partial charge in [0.05, 0.1) is 6.54 Å². The lowest BCUT2D eigenvalue weighted by Gasteiger charge is -2.19. The fourth-order valence-electron chi connectivity index (χ4n) is 1.89. The summed E-state index contributed by atoms with van der Waals surface area (Å²) < 4.78 is 0. The quantitative estimate of drug-likeness (QED) is 0.843. The Morgan fingerprint density at radius 2 is 2.11 bits per heavy atom. The molecule has 3 heteroatoms. The number of rotatable bonds is 3. The van der Waals surface area contributed by atoms with Gasteiger partial charge in [-0.1, -0.05) is 31.8 Å². The van der Waals surface area contributed by atoms with Gasteiger partial charge < -0.3 is 10.6 Å². The molecular weight excluding hydrogens is 236 g/mol. The van der Waals surface area contributed by atoms with Crippen LogP contribution in [0, 0.1) is 24.7 Å². The van der Waals surface area contributed by atoms with Gasteiger partial charge in [0, 0.05) is 24.7 Å². The lowest BCUT2D eigenvalue weighted by molar-refractivity contribution is 0.0779. The number of hydrogen-bond donors (Lipinski definition) is 1. The lowest BCUT2D eigenvalue weighted by atomic mass is 10.0. The van der Waals surface area contributed by atoms with E-state index in [1.54, 1.807) is 4.90 Å². The number of carbonyl (C=O) groups is 1. The average Bonchev–Trinajstić information content (AvgIpc) is 2.36. The van der Waals surface area contributed by atoms with Crippen molar-refractivity contribution >= 4 is 5.91 Å². The van der Waals surface area contributed by atoms with Crippen LogP contribution in [0.15, 0.2) is 18.2 Å². The molecule has 0 aliphatic carbocycles. The van der Waals surface area contributed by atoms with Crippen molar-refractivity contribution in [1.82, 2.24) is 4.90 Å². The normalized spacial score (nSPS) is 10.0. The molecule has 1 aromatic carbocycles. The zero-order valence-electron chi connectivity index (χ0n) is 12.2. The number of nitrogens with zero attached hydrogens (tertiary/aromatic N) is 1. The highest BCUT2D eigenvalue weighted by molar-refractivity contribution is 5.94. The molecule has 0 spiro atoms.